The van der Waals surface area contributed by atoms with Crippen molar-refractivity contribution in [3.63, 3.8) is 0 Å². The van der Waals surface area contributed by atoms with Gasteiger partial charge in [0.25, 0.3) is 0 Å². The second kappa shape index (κ2) is 8.00. The number of nitrogens with one attached hydrogen (secondary N) is 1. The SMILES string of the molecule is CCC(CC(C)C(=O)NC(C)(C)CC(C)(C)C)c1cccc[n+]1[O-]. The van der Waals surface area contributed by atoms with Crippen molar-refractivity contribution < 1.29 is 9.52 Å². The lowest BCUT2D eigenvalue weighted by molar-refractivity contribution is -0.615. The molecule has 0 bridgehead atoms. The second-order valence-corrected chi connectivity index (χ2v) is 8.80. The number of pyridine rings is 1. The summed E-state index contributed by atoms with van der Waals surface area (Å²) in [5, 5.41) is 15.2. The van der Waals surface area contributed by atoms with Crippen LogP contribution in [0.3, 0.4) is 0 Å². The number of nitrogens with zero attached hydrogens (tertiary/aromatic N) is 1. The Bertz CT molecular complexity index is 547. The third kappa shape index (κ3) is 6.50. The minimum absolute atomic E-state index is 0.0658. The van der Waals surface area contributed by atoms with E-state index in [2.05, 4.69) is 46.9 Å². The molecule has 1 amide bonds. The maximum Gasteiger partial charge on any atom is 0.223 e. The van der Waals surface area contributed by atoms with E-state index in [1.165, 1.54) is 6.20 Å². The Morgan fingerprint density at radius 3 is 2.38 bits per heavy atom. The minimum Gasteiger partial charge on any atom is -0.618 e. The highest BCUT2D eigenvalue weighted by Crippen LogP contribution is 2.28. The molecule has 0 aliphatic rings. The van der Waals surface area contributed by atoms with Crippen LogP contribution in [0.25, 0.3) is 0 Å². The van der Waals surface area contributed by atoms with Crippen molar-refractivity contribution in [3.8, 4) is 0 Å². The highest BCUT2D eigenvalue weighted by atomic mass is 16.5. The van der Waals surface area contributed by atoms with Crippen LogP contribution in [0.1, 0.15) is 79.3 Å². The lowest BCUT2D eigenvalue weighted by Gasteiger charge is -2.34. The average Bonchev–Trinajstić information content (AvgIpc) is 2.42. The monoisotopic (exact) mass is 334 g/mol. The van der Waals surface area contributed by atoms with Crippen LogP contribution < -0.4 is 10.0 Å². The van der Waals surface area contributed by atoms with Crippen molar-refractivity contribution in [3.05, 3.63) is 35.3 Å². The van der Waals surface area contributed by atoms with E-state index in [1.54, 1.807) is 6.07 Å². The van der Waals surface area contributed by atoms with Gasteiger partial charge in [-0.15, -0.1) is 0 Å². The van der Waals surface area contributed by atoms with Gasteiger partial charge >= 0.3 is 0 Å². The molecule has 0 spiro atoms. The zero-order valence-electron chi connectivity index (χ0n) is 16.3. The fourth-order valence-corrected chi connectivity index (χ4v) is 3.61. The summed E-state index contributed by atoms with van der Waals surface area (Å²) >= 11 is 0. The Kier molecular flexibility index (Phi) is 6.82. The van der Waals surface area contributed by atoms with E-state index >= 15 is 0 Å². The quantitative estimate of drug-likeness (QED) is 0.601. The van der Waals surface area contributed by atoms with Crippen LogP contribution in [0.4, 0.5) is 0 Å². The summed E-state index contributed by atoms with van der Waals surface area (Å²) in [6.07, 6.45) is 3.96. The number of carbonyl (C=O) groups is 1. The molecular formula is C20H34N2O2. The Balaban J connectivity index is 2.73. The summed E-state index contributed by atoms with van der Waals surface area (Å²) < 4.78 is 0.919. The van der Waals surface area contributed by atoms with Crippen LogP contribution in [-0.4, -0.2) is 11.4 Å². The molecule has 1 aromatic rings. The average molecular weight is 335 g/mol. The zero-order chi connectivity index (χ0) is 18.5. The highest BCUT2D eigenvalue weighted by Gasteiger charge is 2.30. The van der Waals surface area contributed by atoms with Crippen molar-refractivity contribution in [1.82, 2.24) is 5.32 Å². The smallest absolute Gasteiger partial charge is 0.223 e. The van der Waals surface area contributed by atoms with Crippen LogP contribution in [0, 0.1) is 16.5 Å². The molecule has 1 rings (SSSR count). The largest absolute Gasteiger partial charge is 0.618 e. The van der Waals surface area contributed by atoms with Gasteiger partial charge in [-0.25, -0.2) is 0 Å². The lowest BCUT2D eigenvalue weighted by Crippen LogP contribution is -2.48. The Morgan fingerprint density at radius 2 is 1.88 bits per heavy atom. The van der Waals surface area contributed by atoms with Gasteiger partial charge < -0.3 is 10.5 Å². The van der Waals surface area contributed by atoms with Crippen molar-refractivity contribution in [2.24, 2.45) is 11.3 Å². The molecule has 0 saturated carbocycles. The van der Waals surface area contributed by atoms with Crippen LogP contribution in [0.15, 0.2) is 24.4 Å². The van der Waals surface area contributed by atoms with Crippen LogP contribution >= 0.6 is 0 Å². The Hall–Kier alpha value is -1.58. The predicted octanol–water partition coefficient (Wildman–Crippen LogP) is 4.17. The van der Waals surface area contributed by atoms with Gasteiger partial charge in [-0.2, -0.15) is 4.73 Å². The summed E-state index contributed by atoms with van der Waals surface area (Å²) in [7, 11) is 0. The maximum absolute atomic E-state index is 12.6. The summed E-state index contributed by atoms with van der Waals surface area (Å²) in [6.45, 7) is 14.7. The van der Waals surface area contributed by atoms with E-state index in [4.69, 9.17) is 0 Å². The first-order chi connectivity index (χ1) is 10.9. The van der Waals surface area contributed by atoms with E-state index < -0.39 is 0 Å². The highest BCUT2D eigenvalue weighted by molar-refractivity contribution is 5.79. The van der Waals surface area contributed by atoms with Crippen molar-refractivity contribution >= 4 is 5.91 Å². The number of rotatable bonds is 7. The third-order valence-electron chi connectivity index (χ3n) is 4.28. The maximum atomic E-state index is 12.6. The van der Waals surface area contributed by atoms with Gasteiger partial charge in [0.1, 0.15) is 0 Å². The molecule has 0 saturated heterocycles. The number of carbonyl (C=O) groups excluding carboxylic acids is 1. The molecule has 24 heavy (non-hydrogen) atoms. The number of amides is 1. The van der Waals surface area contributed by atoms with Crippen molar-refractivity contribution in [2.45, 2.75) is 79.2 Å². The summed E-state index contributed by atoms with van der Waals surface area (Å²) in [6, 6.07) is 5.47. The van der Waals surface area contributed by atoms with E-state index in [0.29, 0.717) is 6.42 Å². The zero-order valence-corrected chi connectivity index (χ0v) is 16.3. The second-order valence-electron chi connectivity index (χ2n) is 8.80. The molecule has 136 valence electrons. The van der Waals surface area contributed by atoms with Gasteiger partial charge in [-0.3, -0.25) is 4.79 Å². The van der Waals surface area contributed by atoms with Gasteiger partial charge in [0.05, 0.1) is 0 Å². The molecule has 4 nitrogen and oxygen atoms in total. The van der Waals surface area contributed by atoms with Crippen LogP contribution in [0.2, 0.25) is 0 Å². The standard InChI is InChI=1S/C20H34N2O2/c1-8-16(17-11-9-10-12-22(17)24)13-15(2)18(23)21-20(6,7)14-19(3,4)5/h9-12,15-16H,8,13-14H2,1-7H3,(H,21,23). The van der Waals surface area contributed by atoms with Crippen LogP contribution in [-0.2, 0) is 4.79 Å². The van der Waals surface area contributed by atoms with E-state index in [9.17, 15) is 10.0 Å². The predicted molar refractivity (Wildman–Crippen MR) is 98.5 cm³/mol. The lowest BCUT2D eigenvalue weighted by atomic mass is 9.81. The molecule has 1 N–H and O–H groups in total. The number of hydrogen-bond donors (Lipinski definition) is 1. The summed E-state index contributed by atoms with van der Waals surface area (Å²) in [5.74, 6) is 0.0284. The summed E-state index contributed by atoms with van der Waals surface area (Å²) in [4.78, 5) is 12.6. The third-order valence-corrected chi connectivity index (χ3v) is 4.28. The van der Waals surface area contributed by atoms with Crippen molar-refractivity contribution in [1.29, 1.82) is 0 Å². The van der Waals surface area contributed by atoms with Gasteiger partial charge in [0.2, 0.25) is 5.91 Å². The molecule has 4 heteroatoms. The van der Waals surface area contributed by atoms with Gasteiger partial charge in [0, 0.05) is 29.5 Å². The molecule has 1 aromatic heterocycles. The Morgan fingerprint density at radius 1 is 1.25 bits per heavy atom. The van der Waals surface area contributed by atoms with Crippen molar-refractivity contribution in [2.75, 3.05) is 0 Å². The molecule has 0 aromatic carbocycles. The molecule has 0 aliphatic heterocycles. The fourth-order valence-electron chi connectivity index (χ4n) is 3.61. The Labute approximate surface area is 147 Å². The molecule has 1 heterocycles. The first kappa shape index (κ1) is 20.5. The van der Waals surface area contributed by atoms with Gasteiger partial charge in [-0.1, -0.05) is 40.7 Å². The molecule has 0 fully saturated rings. The molecule has 0 radical (unpaired) electrons. The molecule has 2 atom stereocenters. The topological polar surface area (TPSA) is 56.0 Å². The number of hydrogen-bond acceptors (Lipinski definition) is 2. The minimum atomic E-state index is -0.240. The van der Waals surface area contributed by atoms with E-state index in [-0.39, 0.29) is 28.7 Å². The van der Waals surface area contributed by atoms with E-state index in [1.807, 2.05) is 19.1 Å². The molecular weight excluding hydrogens is 300 g/mol. The first-order valence-corrected chi connectivity index (χ1v) is 8.95. The molecule has 0 aliphatic carbocycles. The number of aromatic nitrogens is 1. The molecule has 2 unspecified atom stereocenters. The fraction of sp³-hybridized carbons (Fsp3) is 0.700. The van der Waals surface area contributed by atoms with E-state index in [0.717, 1.165) is 23.3 Å². The van der Waals surface area contributed by atoms with Crippen LogP contribution in [0.5, 0.6) is 0 Å². The normalized spacial score (nSPS) is 15.0. The summed E-state index contributed by atoms with van der Waals surface area (Å²) in [5.41, 5.74) is 0.661. The van der Waals surface area contributed by atoms with Gasteiger partial charge in [0.15, 0.2) is 11.9 Å². The first-order valence-electron chi connectivity index (χ1n) is 8.95. The van der Waals surface area contributed by atoms with Gasteiger partial charge in [-0.05, 0) is 38.5 Å².